The van der Waals surface area contributed by atoms with Gasteiger partial charge in [-0.3, -0.25) is 4.79 Å². The van der Waals surface area contributed by atoms with Crippen molar-refractivity contribution in [2.45, 2.75) is 27.2 Å². The van der Waals surface area contributed by atoms with Gasteiger partial charge in [-0.15, -0.1) is 0 Å². The molecule has 0 unspecified atom stereocenters. The van der Waals surface area contributed by atoms with Crippen LogP contribution >= 0.6 is 0 Å². The molecular weight excluding hydrogens is 200 g/mol. The van der Waals surface area contributed by atoms with Crippen LogP contribution in [0.15, 0.2) is 28.7 Å². The number of hydrogen-bond acceptors (Lipinski definition) is 2. The molecule has 0 aliphatic heterocycles. The van der Waals surface area contributed by atoms with E-state index in [2.05, 4.69) is 0 Å². The third-order valence-electron chi connectivity index (χ3n) is 2.54. The summed E-state index contributed by atoms with van der Waals surface area (Å²) in [5, 5.41) is 1.01. The molecule has 0 aliphatic carbocycles. The van der Waals surface area contributed by atoms with Crippen molar-refractivity contribution in [1.82, 2.24) is 0 Å². The number of fused-ring (bicyclic) bond motifs is 1. The maximum Gasteiger partial charge on any atom is 0.198 e. The van der Waals surface area contributed by atoms with Gasteiger partial charge in [-0.2, -0.15) is 0 Å². The molecule has 0 spiro atoms. The fourth-order valence-electron chi connectivity index (χ4n) is 1.77. The van der Waals surface area contributed by atoms with Gasteiger partial charge >= 0.3 is 0 Å². The topological polar surface area (TPSA) is 30.2 Å². The SMILES string of the molecule is Cc1ccc2oc(C(=O)CC(C)C)cc2c1. The second-order valence-corrected chi connectivity index (χ2v) is 4.67. The minimum absolute atomic E-state index is 0.0869. The highest BCUT2D eigenvalue weighted by Crippen LogP contribution is 2.22. The Balaban J connectivity index is 2.36. The zero-order valence-corrected chi connectivity index (χ0v) is 9.91. The zero-order chi connectivity index (χ0) is 11.7. The molecule has 2 aromatic rings. The Morgan fingerprint density at radius 2 is 2.06 bits per heavy atom. The first-order valence-electron chi connectivity index (χ1n) is 5.59. The summed E-state index contributed by atoms with van der Waals surface area (Å²) in [5.41, 5.74) is 1.97. The average molecular weight is 216 g/mol. The molecule has 2 rings (SSSR count). The predicted molar refractivity (Wildman–Crippen MR) is 64.7 cm³/mol. The average Bonchev–Trinajstić information content (AvgIpc) is 2.59. The van der Waals surface area contributed by atoms with Gasteiger partial charge in [-0.25, -0.2) is 0 Å². The Bertz CT molecular complexity index is 521. The number of carbonyl (C=O) groups is 1. The fraction of sp³-hybridized carbons (Fsp3) is 0.357. The summed E-state index contributed by atoms with van der Waals surface area (Å²) in [6, 6.07) is 7.78. The molecule has 0 atom stereocenters. The molecule has 84 valence electrons. The molecule has 0 radical (unpaired) electrons. The number of Topliss-reactive ketones (excluding diaryl/α,β-unsaturated/α-hetero) is 1. The molecule has 0 fully saturated rings. The van der Waals surface area contributed by atoms with Gasteiger partial charge in [0.2, 0.25) is 0 Å². The summed E-state index contributed by atoms with van der Waals surface area (Å²) in [5.74, 6) is 0.931. The van der Waals surface area contributed by atoms with E-state index in [4.69, 9.17) is 4.42 Å². The normalized spacial score (nSPS) is 11.2. The minimum Gasteiger partial charge on any atom is -0.453 e. The number of aryl methyl sites for hydroxylation is 1. The third kappa shape index (κ3) is 2.16. The number of carbonyl (C=O) groups excluding carboxylic acids is 1. The molecule has 0 aliphatic rings. The Morgan fingerprint density at radius 3 is 2.75 bits per heavy atom. The highest BCUT2D eigenvalue weighted by molar-refractivity contribution is 5.97. The van der Waals surface area contributed by atoms with Crippen LogP contribution in [0.25, 0.3) is 11.0 Å². The van der Waals surface area contributed by atoms with Crippen LogP contribution in [0.1, 0.15) is 36.4 Å². The van der Waals surface area contributed by atoms with Crippen LogP contribution < -0.4 is 0 Å². The lowest BCUT2D eigenvalue weighted by Crippen LogP contribution is -2.01. The summed E-state index contributed by atoms with van der Waals surface area (Å²) >= 11 is 0. The Labute approximate surface area is 95.3 Å². The molecule has 0 bridgehead atoms. The first-order chi connectivity index (χ1) is 7.56. The highest BCUT2D eigenvalue weighted by atomic mass is 16.3. The van der Waals surface area contributed by atoms with Crippen LogP contribution in [0.5, 0.6) is 0 Å². The van der Waals surface area contributed by atoms with E-state index in [1.807, 2.05) is 45.0 Å². The van der Waals surface area contributed by atoms with Crippen molar-refractivity contribution in [3.63, 3.8) is 0 Å². The minimum atomic E-state index is 0.0869. The Hall–Kier alpha value is -1.57. The summed E-state index contributed by atoms with van der Waals surface area (Å²) in [7, 11) is 0. The van der Waals surface area contributed by atoms with Gasteiger partial charge in [0.15, 0.2) is 11.5 Å². The maximum absolute atomic E-state index is 11.8. The first-order valence-corrected chi connectivity index (χ1v) is 5.59. The van der Waals surface area contributed by atoms with Gasteiger partial charge < -0.3 is 4.42 Å². The second-order valence-electron chi connectivity index (χ2n) is 4.67. The number of hydrogen-bond donors (Lipinski definition) is 0. The van der Waals surface area contributed by atoms with E-state index in [1.54, 1.807) is 0 Å². The van der Waals surface area contributed by atoms with Gasteiger partial charge in [0.05, 0.1) is 0 Å². The molecule has 2 heteroatoms. The molecule has 16 heavy (non-hydrogen) atoms. The quantitative estimate of drug-likeness (QED) is 0.727. The van der Waals surface area contributed by atoms with E-state index in [1.165, 1.54) is 5.56 Å². The van der Waals surface area contributed by atoms with E-state index in [0.717, 1.165) is 11.0 Å². The number of benzene rings is 1. The van der Waals surface area contributed by atoms with E-state index in [9.17, 15) is 4.79 Å². The lowest BCUT2D eigenvalue weighted by molar-refractivity contribution is 0.0943. The zero-order valence-electron chi connectivity index (χ0n) is 9.91. The lowest BCUT2D eigenvalue weighted by Gasteiger charge is -1.99. The molecule has 0 saturated heterocycles. The van der Waals surface area contributed by atoms with Crippen molar-refractivity contribution in [1.29, 1.82) is 0 Å². The number of furan rings is 1. The van der Waals surface area contributed by atoms with Gasteiger partial charge in [0.25, 0.3) is 0 Å². The molecule has 0 saturated carbocycles. The van der Waals surface area contributed by atoms with Crippen LogP contribution in [-0.2, 0) is 0 Å². The summed E-state index contributed by atoms with van der Waals surface area (Å²) in [6.07, 6.45) is 0.540. The maximum atomic E-state index is 11.8. The molecule has 1 heterocycles. The molecule has 0 N–H and O–H groups in total. The van der Waals surface area contributed by atoms with Crippen LogP contribution in [0.4, 0.5) is 0 Å². The van der Waals surface area contributed by atoms with E-state index < -0.39 is 0 Å². The summed E-state index contributed by atoms with van der Waals surface area (Å²) < 4.78 is 5.54. The van der Waals surface area contributed by atoms with Crippen molar-refractivity contribution in [2.24, 2.45) is 5.92 Å². The predicted octanol–water partition coefficient (Wildman–Crippen LogP) is 3.97. The van der Waals surface area contributed by atoms with Gasteiger partial charge in [0, 0.05) is 11.8 Å². The largest absolute Gasteiger partial charge is 0.453 e. The fourth-order valence-corrected chi connectivity index (χ4v) is 1.77. The van der Waals surface area contributed by atoms with Crippen molar-refractivity contribution in [3.05, 3.63) is 35.6 Å². The van der Waals surface area contributed by atoms with Crippen molar-refractivity contribution >= 4 is 16.8 Å². The third-order valence-corrected chi connectivity index (χ3v) is 2.54. The smallest absolute Gasteiger partial charge is 0.198 e. The molecular formula is C14H16O2. The van der Waals surface area contributed by atoms with Crippen LogP contribution in [0.2, 0.25) is 0 Å². The van der Waals surface area contributed by atoms with Gasteiger partial charge in [0.1, 0.15) is 5.58 Å². The number of rotatable bonds is 3. The summed E-state index contributed by atoms with van der Waals surface area (Å²) in [6.45, 7) is 6.09. The molecule has 2 nitrogen and oxygen atoms in total. The van der Waals surface area contributed by atoms with Crippen molar-refractivity contribution in [2.75, 3.05) is 0 Å². The van der Waals surface area contributed by atoms with Gasteiger partial charge in [-0.1, -0.05) is 25.5 Å². The van der Waals surface area contributed by atoms with E-state index in [0.29, 0.717) is 18.1 Å². The van der Waals surface area contributed by atoms with Crippen molar-refractivity contribution < 1.29 is 9.21 Å². The molecule has 0 amide bonds. The van der Waals surface area contributed by atoms with E-state index >= 15 is 0 Å². The second kappa shape index (κ2) is 4.12. The van der Waals surface area contributed by atoms with Crippen molar-refractivity contribution in [3.8, 4) is 0 Å². The molecule has 1 aromatic heterocycles. The summed E-state index contributed by atoms with van der Waals surface area (Å²) in [4.78, 5) is 11.8. The highest BCUT2D eigenvalue weighted by Gasteiger charge is 2.13. The van der Waals surface area contributed by atoms with Gasteiger partial charge in [-0.05, 0) is 31.0 Å². The number of ketones is 1. The molecule has 1 aromatic carbocycles. The Kier molecular flexibility index (Phi) is 2.82. The first kappa shape index (κ1) is 10.9. The van der Waals surface area contributed by atoms with Crippen LogP contribution in [-0.4, -0.2) is 5.78 Å². The van der Waals surface area contributed by atoms with E-state index in [-0.39, 0.29) is 5.78 Å². The van der Waals surface area contributed by atoms with Crippen LogP contribution in [0.3, 0.4) is 0 Å². The monoisotopic (exact) mass is 216 g/mol. The standard InChI is InChI=1S/C14H16O2/c1-9(2)6-12(15)14-8-11-7-10(3)4-5-13(11)16-14/h4-5,7-9H,6H2,1-3H3. The Morgan fingerprint density at radius 1 is 1.31 bits per heavy atom. The van der Waals surface area contributed by atoms with Crippen LogP contribution in [0, 0.1) is 12.8 Å². The lowest BCUT2D eigenvalue weighted by atomic mass is 10.1.